The average Bonchev–Trinajstić information content (AvgIpc) is 2.74. The van der Waals surface area contributed by atoms with Gasteiger partial charge in [0.25, 0.3) is 0 Å². The maximum atomic E-state index is 11.1. The van der Waals surface area contributed by atoms with E-state index in [1.165, 1.54) is 0 Å². The molecule has 0 aliphatic carbocycles. The van der Waals surface area contributed by atoms with E-state index in [0.29, 0.717) is 36.4 Å². The van der Waals surface area contributed by atoms with E-state index in [9.17, 15) is 14.7 Å². The zero-order valence-corrected chi connectivity index (χ0v) is 28.4. The molecule has 0 saturated heterocycles. The fraction of sp³-hybridized carbons (Fsp3) is 0.263. The minimum Gasteiger partial charge on any atom is -0.506 e. The molecular formula is C19H16I6O5. The monoisotopic (exact) mass is 1090 g/mol. The standard InChI is InChI=1S/C12H13I3O3.C7H3I3O2/c1-2-3-17-4-5-18-12-8(7-16)6-9(13)10(14)11(12)15;8-4-1-3(2-11)7(12)6(10)5(4)9/h6-7H,2-5H2,1H3;1-2,12H. The van der Waals surface area contributed by atoms with Crippen molar-refractivity contribution in [1.82, 2.24) is 0 Å². The minimum absolute atomic E-state index is 0.0791. The number of aldehydes is 2. The minimum atomic E-state index is 0.0791. The van der Waals surface area contributed by atoms with Crippen molar-refractivity contribution in [2.24, 2.45) is 0 Å². The fourth-order valence-electron chi connectivity index (χ4n) is 1.97. The Morgan fingerprint density at radius 3 is 1.87 bits per heavy atom. The largest absolute Gasteiger partial charge is 0.506 e. The number of halogens is 6. The van der Waals surface area contributed by atoms with Crippen molar-refractivity contribution in [2.45, 2.75) is 13.3 Å². The van der Waals surface area contributed by atoms with E-state index in [-0.39, 0.29) is 5.75 Å². The molecule has 0 aliphatic heterocycles. The van der Waals surface area contributed by atoms with Gasteiger partial charge in [0.1, 0.15) is 18.1 Å². The molecule has 2 rings (SSSR count). The summed E-state index contributed by atoms with van der Waals surface area (Å²) in [5, 5.41) is 9.46. The second-order valence-corrected chi connectivity index (χ2v) is 12.2. The number of ether oxygens (including phenoxy) is 2. The van der Waals surface area contributed by atoms with Crippen molar-refractivity contribution < 1.29 is 24.2 Å². The first kappa shape index (κ1) is 29.8. The molecule has 2 aromatic carbocycles. The van der Waals surface area contributed by atoms with Crippen molar-refractivity contribution in [3.63, 3.8) is 0 Å². The quantitative estimate of drug-likeness (QED) is 0.132. The highest BCUT2D eigenvalue weighted by molar-refractivity contribution is 14.1. The van der Waals surface area contributed by atoms with Gasteiger partial charge in [-0.2, -0.15) is 0 Å². The number of phenolic OH excluding ortho intramolecular Hbond substituents is 1. The third-order valence-corrected chi connectivity index (χ3v) is 13.5. The van der Waals surface area contributed by atoms with Gasteiger partial charge in [-0.1, -0.05) is 6.92 Å². The van der Waals surface area contributed by atoms with Gasteiger partial charge >= 0.3 is 0 Å². The lowest BCUT2D eigenvalue weighted by atomic mass is 10.2. The maximum absolute atomic E-state index is 11.1. The Morgan fingerprint density at radius 1 is 0.800 bits per heavy atom. The van der Waals surface area contributed by atoms with Gasteiger partial charge in [-0.3, -0.25) is 9.59 Å². The fourth-order valence-corrected chi connectivity index (χ4v) is 6.39. The van der Waals surface area contributed by atoms with Crippen LogP contribution in [0.4, 0.5) is 0 Å². The van der Waals surface area contributed by atoms with Gasteiger partial charge in [-0.15, -0.1) is 0 Å². The number of aromatic hydroxyl groups is 1. The second kappa shape index (κ2) is 15.6. The molecule has 0 aliphatic rings. The van der Waals surface area contributed by atoms with Crippen molar-refractivity contribution in [3.05, 3.63) is 44.7 Å². The lowest BCUT2D eigenvalue weighted by Crippen LogP contribution is -2.10. The van der Waals surface area contributed by atoms with Crippen LogP contribution in [0.15, 0.2) is 12.1 Å². The molecule has 0 atom stereocenters. The summed E-state index contributed by atoms with van der Waals surface area (Å²) in [5.74, 6) is 0.742. The molecule has 11 heteroatoms. The number of hydrogen-bond acceptors (Lipinski definition) is 5. The molecule has 30 heavy (non-hydrogen) atoms. The van der Waals surface area contributed by atoms with Gasteiger partial charge in [0.2, 0.25) is 0 Å². The molecule has 0 saturated carbocycles. The SMILES string of the molecule is CCCOCCOc1c(C=O)cc(I)c(I)c1I.O=Cc1cc(I)c(I)c(I)c1O. The molecule has 2 aromatic rings. The zero-order chi connectivity index (χ0) is 22.8. The van der Waals surface area contributed by atoms with Gasteiger partial charge in [-0.25, -0.2) is 0 Å². The molecule has 0 amide bonds. The van der Waals surface area contributed by atoms with E-state index in [1.54, 1.807) is 6.07 Å². The third-order valence-electron chi connectivity index (χ3n) is 3.39. The van der Waals surface area contributed by atoms with E-state index >= 15 is 0 Å². The van der Waals surface area contributed by atoms with Crippen LogP contribution in [0.1, 0.15) is 34.1 Å². The normalized spacial score (nSPS) is 10.2. The summed E-state index contributed by atoms with van der Waals surface area (Å²) in [5.41, 5.74) is 0.948. The van der Waals surface area contributed by atoms with Crippen LogP contribution in [0.5, 0.6) is 11.5 Å². The number of benzene rings is 2. The van der Waals surface area contributed by atoms with E-state index in [0.717, 1.165) is 40.7 Å². The first-order valence-corrected chi connectivity index (χ1v) is 14.8. The maximum Gasteiger partial charge on any atom is 0.153 e. The van der Waals surface area contributed by atoms with E-state index in [2.05, 4.69) is 120 Å². The van der Waals surface area contributed by atoms with Crippen molar-refractivity contribution in [3.8, 4) is 11.5 Å². The first-order chi connectivity index (χ1) is 14.2. The van der Waals surface area contributed by atoms with Crippen LogP contribution in [0.3, 0.4) is 0 Å². The molecular weight excluding hydrogens is 1070 g/mol. The molecule has 1 N–H and O–H groups in total. The molecule has 164 valence electrons. The van der Waals surface area contributed by atoms with Crippen molar-refractivity contribution in [2.75, 3.05) is 19.8 Å². The van der Waals surface area contributed by atoms with Gasteiger partial charge in [0.15, 0.2) is 12.6 Å². The van der Waals surface area contributed by atoms with Crippen LogP contribution in [-0.2, 0) is 4.74 Å². The summed E-state index contributed by atoms with van der Waals surface area (Å²) in [6, 6.07) is 3.52. The molecule has 0 fully saturated rings. The Morgan fingerprint density at radius 2 is 1.33 bits per heavy atom. The third kappa shape index (κ3) is 8.82. The van der Waals surface area contributed by atoms with Crippen LogP contribution in [0, 0.1) is 21.4 Å². The smallest absolute Gasteiger partial charge is 0.153 e. The van der Waals surface area contributed by atoms with Crippen LogP contribution in [0.2, 0.25) is 0 Å². The van der Waals surface area contributed by atoms with Gasteiger partial charge in [-0.05, 0) is 154 Å². The van der Waals surface area contributed by atoms with Crippen LogP contribution >= 0.6 is 136 Å². The second-order valence-electron chi connectivity index (χ2n) is 5.53. The van der Waals surface area contributed by atoms with E-state index in [1.807, 2.05) is 28.7 Å². The van der Waals surface area contributed by atoms with Crippen molar-refractivity contribution in [1.29, 1.82) is 0 Å². The molecule has 5 nitrogen and oxygen atoms in total. The van der Waals surface area contributed by atoms with Crippen LogP contribution in [0.25, 0.3) is 0 Å². The number of rotatable bonds is 8. The first-order valence-electron chi connectivity index (χ1n) is 8.34. The summed E-state index contributed by atoms with van der Waals surface area (Å²) < 4.78 is 16.9. The molecule has 0 radical (unpaired) electrons. The van der Waals surface area contributed by atoms with E-state index < -0.39 is 0 Å². The predicted molar refractivity (Wildman–Crippen MR) is 168 cm³/mol. The van der Waals surface area contributed by atoms with Crippen LogP contribution in [-0.4, -0.2) is 37.5 Å². The van der Waals surface area contributed by atoms with Gasteiger partial charge in [0, 0.05) is 20.9 Å². The van der Waals surface area contributed by atoms with Gasteiger partial charge in [0.05, 0.1) is 24.9 Å². The highest BCUT2D eigenvalue weighted by atomic mass is 127. The Kier molecular flexibility index (Phi) is 15.5. The summed E-state index contributed by atoms with van der Waals surface area (Å²) in [7, 11) is 0. The number of hydrogen-bond donors (Lipinski definition) is 1. The Bertz CT molecular complexity index is 904. The predicted octanol–water partition coefficient (Wildman–Crippen LogP) is 7.14. The number of carbonyl (C=O) groups is 2. The summed E-state index contributed by atoms with van der Waals surface area (Å²) >= 11 is 13.0. The average molecular weight is 1090 g/mol. The molecule has 0 unspecified atom stereocenters. The Balaban J connectivity index is 0.000000325. The lowest BCUT2D eigenvalue weighted by molar-refractivity contribution is 0.0988. The summed E-state index contributed by atoms with van der Waals surface area (Å²) in [4.78, 5) is 21.5. The Labute approximate surface area is 257 Å². The highest BCUT2D eigenvalue weighted by Gasteiger charge is 2.14. The highest BCUT2D eigenvalue weighted by Crippen LogP contribution is 2.33. The topological polar surface area (TPSA) is 72.8 Å². The van der Waals surface area contributed by atoms with Crippen molar-refractivity contribution >= 4 is 148 Å². The number of phenols is 1. The van der Waals surface area contributed by atoms with E-state index in [4.69, 9.17) is 9.47 Å². The van der Waals surface area contributed by atoms with Gasteiger partial charge < -0.3 is 14.6 Å². The number of carbonyl (C=O) groups excluding carboxylic acids is 2. The molecule has 0 aromatic heterocycles. The van der Waals surface area contributed by atoms with Crippen LogP contribution < -0.4 is 4.74 Å². The Hall–Kier alpha value is 1.72. The summed E-state index contributed by atoms with van der Waals surface area (Å²) in [6.07, 6.45) is 2.50. The molecule has 0 spiro atoms. The lowest BCUT2D eigenvalue weighted by Gasteiger charge is -2.13. The molecule has 0 heterocycles. The molecule has 0 bridgehead atoms. The summed E-state index contributed by atoms with van der Waals surface area (Å²) in [6.45, 7) is 3.82. The zero-order valence-electron chi connectivity index (χ0n) is 15.5.